The molecule has 0 spiro atoms. The second-order valence-electron chi connectivity index (χ2n) is 6.08. The van der Waals surface area contributed by atoms with Gasteiger partial charge in [-0.3, -0.25) is 4.90 Å². The van der Waals surface area contributed by atoms with Gasteiger partial charge >= 0.3 is 0 Å². The molecule has 0 aromatic heterocycles. The highest BCUT2D eigenvalue weighted by atomic mass is 16.5. The van der Waals surface area contributed by atoms with E-state index in [0.29, 0.717) is 6.04 Å². The van der Waals surface area contributed by atoms with E-state index < -0.39 is 0 Å². The minimum absolute atomic E-state index is 0.0775. The molecular formula is C17H28N2O. The van der Waals surface area contributed by atoms with Gasteiger partial charge in [0.2, 0.25) is 0 Å². The van der Waals surface area contributed by atoms with E-state index in [1.54, 1.807) is 7.11 Å². The zero-order chi connectivity index (χ0) is 14.5. The fraction of sp³-hybridized carbons (Fsp3) is 0.647. The van der Waals surface area contributed by atoms with Crippen molar-refractivity contribution in [1.29, 1.82) is 0 Å². The summed E-state index contributed by atoms with van der Waals surface area (Å²) in [5.41, 5.74) is 8.90. The Bertz CT molecular complexity index is 400. The fourth-order valence-electron chi connectivity index (χ4n) is 2.72. The molecule has 1 saturated carbocycles. The molecule has 3 heteroatoms. The summed E-state index contributed by atoms with van der Waals surface area (Å²) in [5.74, 6) is 0.858. The average Bonchev–Trinajstić information content (AvgIpc) is 3.27. The van der Waals surface area contributed by atoms with Gasteiger partial charge < -0.3 is 10.5 Å². The van der Waals surface area contributed by atoms with E-state index in [-0.39, 0.29) is 6.04 Å². The van der Waals surface area contributed by atoms with E-state index in [1.165, 1.54) is 24.0 Å². The highest BCUT2D eigenvalue weighted by Gasteiger charge is 2.32. The van der Waals surface area contributed by atoms with E-state index in [4.69, 9.17) is 10.5 Å². The van der Waals surface area contributed by atoms with Gasteiger partial charge in [-0.15, -0.1) is 0 Å². The summed E-state index contributed by atoms with van der Waals surface area (Å²) in [5, 5.41) is 0. The molecule has 0 radical (unpaired) electrons. The number of rotatable bonds is 8. The Morgan fingerprint density at radius 1 is 1.30 bits per heavy atom. The first kappa shape index (κ1) is 15.5. The number of aryl methyl sites for hydroxylation is 1. The number of nitrogens with zero attached hydrogens (tertiary/aromatic N) is 1. The van der Waals surface area contributed by atoms with Gasteiger partial charge in [-0.1, -0.05) is 29.8 Å². The Morgan fingerprint density at radius 2 is 1.95 bits per heavy atom. The lowest BCUT2D eigenvalue weighted by molar-refractivity contribution is 0.112. The van der Waals surface area contributed by atoms with Crippen LogP contribution in [0, 0.1) is 12.8 Å². The number of hydrogen-bond donors (Lipinski definition) is 1. The second-order valence-corrected chi connectivity index (χ2v) is 6.08. The molecule has 20 heavy (non-hydrogen) atoms. The van der Waals surface area contributed by atoms with E-state index in [2.05, 4.69) is 43.0 Å². The Hall–Kier alpha value is -0.900. The third kappa shape index (κ3) is 4.30. The standard InChI is InChI=1S/C17H28N2O/c1-13-4-6-16(7-5-13)17(18)12-19(10-11-20-3)14(2)15-8-9-15/h4-7,14-15,17H,8-12,18H2,1-3H3. The molecule has 0 bridgehead atoms. The minimum Gasteiger partial charge on any atom is -0.383 e. The lowest BCUT2D eigenvalue weighted by Gasteiger charge is -2.31. The van der Waals surface area contributed by atoms with Crippen LogP contribution in [0.4, 0.5) is 0 Å². The molecule has 0 heterocycles. The molecule has 3 nitrogen and oxygen atoms in total. The largest absolute Gasteiger partial charge is 0.383 e. The van der Waals surface area contributed by atoms with Crippen molar-refractivity contribution < 1.29 is 4.74 Å². The van der Waals surface area contributed by atoms with Crippen molar-refractivity contribution in [2.75, 3.05) is 26.8 Å². The fourth-order valence-corrected chi connectivity index (χ4v) is 2.72. The molecule has 2 atom stereocenters. The van der Waals surface area contributed by atoms with Gasteiger partial charge in [0.05, 0.1) is 6.61 Å². The molecular weight excluding hydrogens is 248 g/mol. The molecule has 1 aromatic carbocycles. The lowest BCUT2D eigenvalue weighted by Crippen LogP contribution is -2.41. The first-order chi connectivity index (χ1) is 9.61. The van der Waals surface area contributed by atoms with Crippen molar-refractivity contribution in [2.45, 2.75) is 38.8 Å². The molecule has 112 valence electrons. The van der Waals surface area contributed by atoms with Crippen LogP contribution in [-0.4, -0.2) is 37.7 Å². The van der Waals surface area contributed by atoms with Gasteiger partial charge in [0, 0.05) is 32.3 Å². The van der Waals surface area contributed by atoms with Crippen LogP contribution in [0.1, 0.15) is 36.9 Å². The summed E-state index contributed by atoms with van der Waals surface area (Å²) in [7, 11) is 1.76. The zero-order valence-electron chi connectivity index (χ0n) is 13.0. The van der Waals surface area contributed by atoms with Gasteiger partial charge in [-0.25, -0.2) is 0 Å². The first-order valence-corrected chi connectivity index (χ1v) is 7.67. The predicted molar refractivity (Wildman–Crippen MR) is 83.7 cm³/mol. The third-order valence-electron chi connectivity index (χ3n) is 4.40. The SMILES string of the molecule is COCCN(CC(N)c1ccc(C)cc1)C(C)C1CC1. The van der Waals surface area contributed by atoms with Crippen LogP contribution in [0.25, 0.3) is 0 Å². The van der Waals surface area contributed by atoms with E-state index >= 15 is 0 Å². The molecule has 1 aliphatic carbocycles. The molecule has 1 aliphatic rings. The number of ether oxygens (including phenoxy) is 1. The highest BCUT2D eigenvalue weighted by molar-refractivity contribution is 5.24. The number of benzene rings is 1. The number of nitrogens with two attached hydrogens (primary N) is 1. The predicted octanol–water partition coefficient (Wildman–Crippen LogP) is 2.74. The molecule has 0 saturated heterocycles. The van der Waals surface area contributed by atoms with E-state index in [9.17, 15) is 0 Å². The molecule has 2 unspecified atom stereocenters. The molecule has 1 fully saturated rings. The van der Waals surface area contributed by atoms with Crippen molar-refractivity contribution in [3.63, 3.8) is 0 Å². The topological polar surface area (TPSA) is 38.5 Å². The Balaban J connectivity index is 1.96. The van der Waals surface area contributed by atoms with Crippen molar-refractivity contribution in [2.24, 2.45) is 11.7 Å². The second kappa shape index (κ2) is 7.21. The maximum absolute atomic E-state index is 6.39. The van der Waals surface area contributed by atoms with Crippen molar-refractivity contribution in [3.05, 3.63) is 35.4 Å². The summed E-state index contributed by atoms with van der Waals surface area (Å²) in [6, 6.07) is 9.26. The van der Waals surface area contributed by atoms with Crippen LogP contribution < -0.4 is 5.73 Å². The van der Waals surface area contributed by atoms with Crippen LogP contribution >= 0.6 is 0 Å². The lowest BCUT2D eigenvalue weighted by atomic mass is 10.0. The highest BCUT2D eigenvalue weighted by Crippen LogP contribution is 2.35. The van der Waals surface area contributed by atoms with Gasteiger partial charge in [-0.05, 0) is 38.2 Å². The summed E-state index contributed by atoms with van der Waals surface area (Å²) >= 11 is 0. The Labute approximate surface area is 123 Å². The van der Waals surface area contributed by atoms with E-state index in [1.807, 2.05) is 0 Å². The van der Waals surface area contributed by atoms with Crippen molar-refractivity contribution in [3.8, 4) is 0 Å². The van der Waals surface area contributed by atoms with E-state index in [0.717, 1.165) is 25.6 Å². The van der Waals surface area contributed by atoms with Crippen LogP contribution in [0.2, 0.25) is 0 Å². The minimum atomic E-state index is 0.0775. The zero-order valence-corrected chi connectivity index (χ0v) is 13.0. The smallest absolute Gasteiger partial charge is 0.0589 e. The maximum atomic E-state index is 6.39. The summed E-state index contributed by atoms with van der Waals surface area (Å²) in [6.07, 6.45) is 2.73. The number of hydrogen-bond acceptors (Lipinski definition) is 3. The first-order valence-electron chi connectivity index (χ1n) is 7.67. The third-order valence-corrected chi connectivity index (χ3v) is 4.40. The molecule has 0 aliphatic heterocycles. The average molecular weight is 276 g/mol. The summed E-state index contributed by atoms with van der Waals surface area (Å²) in [4.78, 5) is 2.49. The summed E-state index contributed by atoms with van der Waals surface area (Å²) in [6.45, 7) is 7.08. The van der Waals surface area contributed by atoms with Crippen LogP contribution in [-0.2, 0) is 4.74 Å². The Kier molecular flexibility index (Phi) is 5.58. The van der Waals surface area contributed by atoms with Gasteiger partial charge in [-0.2, -0.15) is 0 Å². The van der Waals surface area contributed by atoms with Crippen LogP contribution in [0.5, 0.6) is 0 Å². The normalized spacial score (nSPS) is 18.2. The molecule has 0 amide bonds. The van der Waals surface area contributed by atoms with Crippen molar-refractivity contribution >= 4 is 0 Å². The maximum Gasteiger partial charge on any atom is 0.0589 e. The monoisotopic (exact) mass is 276 g/mol. The summed E-state index contributed by atoms with van der Waals surface area (Å²) < 4.78 is 5.24. The molecule has 2 N–H and O–H groups in total. The quantitative estimate of drug-likeness (QED) is 0.793. The van der Waals surface area contributed by atoms with Crippen LogP contribution in [0.15, 0.2) is 24.3 Å². The molecule has 1 aromatic rings. The van der Waals surface area contributed by atoms with Gasteiger partial charge in [0.1, 0.15) is 0 Å². The van der Waals surface area contributed by atoms with Gasteiger partial charge in [0.15, 0.2) is 0 Å². The number of methoxy groups -OCH3 is 1. The van der Waals surface area contributed by atoms with Gasteiger partial charge in [0.25, 0.3) is 0 Å². The van der Waals surface area contributed by atoms with Crippen molar-refractivity contribution in [1.82, 2.24) is 4.90 Å². The molecule has 2 rings (SSSR count). The Morgan fingerprint density at radius 3 is 2.50 bits per heavy atom. The van der Waals surface area contributed by atoms with Crippen LogP contribution in [0.3, 0.4) is 0 Å².